The second kappa shape index (κ2) is 23.6. The van der Waals surface area contributed by atoms with E-state index in [4.69, 9.17) is 19.7 Å². The lowest BCUT2D eigenvalue weighted by Gasteiger charge is -2.24. The van der Waals surface area contributed by atoms with Crippen molar-refractivity contribution in [2.45, 2.75) is 58.8 Å². The highest BCUT2D eigenvalue weighted by molar-refractivity contribution is 7.89. The number of benzene rings is 2. The first kappa shape index (κ1) is 38.9. The van der Waals surface area contributed by atoms with E-state index in [0.29, 0.717) is 24.5 Å². The average molecular weight is 581 g/mol. The van der Waals surface area contributed by atoms with E-state index in [0.717, 1.165) is 13.2 Å². The Morgan fingerprint density at radius 1 is 1.05 bits per heavy atom. The number of aromatic hydroxyl groups is 1. The molecule has 1 heterocycles. The Morgan fingerprint density at radius 3 is 1.95 bits per heavy atom. The van der Waals surface area contributed by atoms with Crippen LogP contribution in [0.25, 0.3) is 0 Å². The summed E-state index contributed by atoms with van der Waals surface area (Å²) < 4.78 is 36.9. The first-order valence-electron chi connectivity index (χ1n) is 13.3. The molecule has 2 aromatic carbocycles. The van der Waals surface area contributed by atoms with Gasteiger partial charge in [0.15, 0.2) is 0 Å². The lowest BCUT2D eigenvalue weighted by Crippen LogP contribution is -2.36. The normalized spacial score (nSPS) is 11.8. The van der Waals surface area contributed by atoms with Gasteiger partial charge in [0.25, 0.3) is 0 Å². The predicted octanol–water partition coefficient (Wildman–Crippen LogP) is 5.77. The molecule has 0 atom stereocenters. The van der Waals surface area contributed by atoms with E-state index >= 15 is 0 Å². The fourth-order valence-corrected chi connectivity index (χ4v) is 4.76. The third-order valence-corrected chi connectivity index (χ3v) is 6.87. The van der Waals surface area contributed by atoms with E-state index in [1.165, 1.54) is 42.0 Å². The molecule has 226 valence electrons. The molecule has 1 amide bonds. The van der Waals surface area contributed by atoms with E-state index in [1.54, 1.807) is 24.3 Å². The molecule has 0 aromatic heterocycles. The first-order chi connectivity index (χ1) is 19.1. The van der Waals surface area contributed by atoms with Crippen molar-refractivity contribution in [2.75, 3.05) is 40.0 Å². The van der Waals surface area contributed by atoms with Gasteiger partial charge in [0.2, 0.25) is 10.0 Å². The summed E-state index contributed by atoms with van der Waals surface area (Å²) in [7, 11) is -2.10. The van der Waals surface area contributed by atoms with Gasteiger partial charge in [-0.15, -0.1) is 12.8 Å². The largest absolute Gasteiger partial charge is 0.508 e. The molecular formula is C30H48N2O7S. The summed E-state index contributed by atoms with van der Waals surface area (Å²) in [6.45, 7) is 12.7. The lowest BCUT2D eigenvalue weighted by molar-refractivity contribution is 0.194. The Hall–Kier alpha value is -3.26. The highest BCUT2D eigenvalue weighted by atomic mass is 32.2. The highest BCUT2D eigenvalue weighted by Crippen LogP contribution is 2.20. The molecular weight excluding hydrogens is 532 g/mol. The third kappa shape index (κ3) is 18.1. The standard InChI is InChI=1S/C15H24N2O5S.C7H8O.C4H8O.C2H6.C2H2/c1-12(2)11-17(10-4-9-16-15(18)19)23(20,21)14-7-5-13(22-3)6-8-14;1-6-2-4-7(8)5-3-6;1-2-4-5-3-1;2*1-2/h5-8,12,16H,4,9-11H2,1-3H3,(H,18,19);2-5,8H,1H3;1-4H2;1-2H3;1-2H. The number of nitrogens with one attached hydrogen (secondary N) is 1. The Labute approximate surface area is 241 Å². The zero-order valence-corrected chi connectivity index (χ0v) is 25.6. The van der Waals surface area contributed by atoms with Crippen LogP contribution < -0.4 is 10.1 Å². The number of ether oxygens (including phenoxy) is 2. The minimum absolute atomic E-state index is 0.162. The van der Waals surface area contributed by atoms with Gasteiger partial charge in [-0.05, 0) is 68.5 Å². The summed E-state index contributed by atoms with van der Waals surface area (Å²) in [5.74, 6) is 1.08. The van der Waals surface area contributed by atoms with Crippen LogP contribution in [-0.4, -0.2) is 69.0 Å². The molecule has 9 nitrogen and oxygen atoms in total. The zero-order valence-electron chi connectivity index (χ0n) is 24.8. The molecule has 1 saturated heterocycles. The molecule has 40 heavy (non-hydrogen) atoms. The van der Waals surface area contributed by atoms with Gasteiger partial charge in [0, 0.05) is 32.8 Å². The molecule has 0 radical (unpaired) electrons. The van der Waals surface area contributed by atoms with E-state index < -0.39 is 16.1 Å². The average Bonchev–Trinajstić information content (AvgIpc) is 3.55. The van der Waals surface area contributed by atoms with Gasteiger partial charge < -0.3 is 25.0 Å². The van der Waals surface area contributed by atoms with E-state index in [-0.39, 0.29) is 23.9 Å². The number of carbonyl (C=O) groups is 1. The molecule has 2 aromatic rings. The topological polar surface area (TPSA) is 125 Å². The van der Waals surface area contributed by atoms with Gasteiger partial charge in [-0.3, -0.25) is 0 Å². The van der Waals surface area contributed by atoms with Crippen molar-refractivity contribution in [3.8, 4) is 24.3 Å². The fraction of sp³-hybridized carbons (Fsp3) is 0.500. The van der Waals surface area contributed by atoms with Crippen LogP contribution in [0.3, 0.4) is 0 Å². The number of nitrogens with zero attached hydrogens (tertiary/aromatic N) is 1. The van der Waals surface area contributed by atoms with Crippen molar-refractivity contribution >= 4 is 16.1 Å². The number of phenols is 1. The van der Waals surface area contributed by atoms with E-state index in [9.17, 15) is 13.2 Å². The van der Waals surface area contributed by atoms with Crippen LogP contribution in [0, 0.1) is 25.7 Å². The summed E-state index contributed by atoms with van der Waals surface area (Å²) in [4.78, 5) is 10.6. The molecule has 1 fully saturated rings. The summed E-state index contributed by atoms with van der Waals surface area (Å²) in [6.07, 6.45) is 9.85. The van der Waals surface area contributed by atoms with Crippen LogP contribution in [-0.2, 0) is 14.8 Å². The van der Waals surface area contributed by atoms with Gasteiger partial charge in [0.1, 0.15) is 11.5 Å². The van der Waals surface area contributed by atoms with E-state index in [2.05, 4.69) is 18.2 Å². The second-order valence-electron chi connectivity index (χ2n) is 8.67. The minimum atomic E-state index is -3.62. The molecule has 0 bridgehead atoms. The van der Waals surface area contributed by atoms with Gasteiger partial charge >= 0.3 is 6.09 Å². The SMILES string of the molecule is C#C.C1CCOC1.CC.COc1ccc(S(=O)(=O)N(CCCNC(=O)O)CC(C)C)cc1.Cc1ccc(O)cc1. The minimum Gasteiger partial charge on any atom is -0.508 e. The molecule has 0 aliphatic carbocycles. The van der Waals surface area contributed by atoms with Gasteiger partial charge in [0.05, 0.1) is 12.0 Å². The Kier molecular flexibility index (Phi) is 23.0. The van der Waals surface area contributed by atoms with Crippen LogP contribution in [0.4, 0.5) is 4.79 Å². The maximum atomic E-state index is 12.7. The number of rotatable bonds is 9. The highest BCUT2D eigenvalue weighted by Gasteiger charge is 2.24. The second-order valence-corrected chi connectivity index (χ2v) is 10.6. The zero-order chi connectivity index (χ0) is 31.0. The number of hydrogen-bond donors (Lipinski definition) is 3. The van der Waals surface area contributed by atoms with Crippen LogP contribution >= 0.6 is 0 Å². The molecule has 1 aliphatic rings. The maximum absolute atomic E-state index is 12.7. The molecule has 0 spiro atoms. The molecule has 3 N–H and O–H groups in total. The summed E-state index contributed by atoms with van der Waals surface area (Å²) in [6, 6.07) is 13.3. The van der Waals surface area contributed by atoms with Crippen LogP contribution in [0.15, 0.2) is 53.4 Å². The van der Waals surface area contributed by atoms with Gasteiger partial charge in [-0.25, -0.2) is 13.2 Å². The first-order valence-corrected chi connectivity index (χ1v) is 14.8. The van der Waals surface area contributed by atoms with Crippen LogP contribution in [0.1, 0.15) is 52.5 Å². The Bertz CT molecular complexity index is 990. The Morgan fingerprint density at radius 2 is 1.57 bits per heavy atom. The molecule has 3 rings (SSSR count). The summed E-state index contributed by atoms with van der Waals surface area (Å²) in [5.41, 5.74) is 1.17. The quantitative estimate of drug-likeness (QED) is 0.254. The van der Waals surface area contributed by atoms with Crippen molar-refractivity contribution in [3.63, 3.8) is 0 Å². The van der Waals surface area contributed by atoms with Crippen LogP contribution in [0.5, 0.6) is 11.5 Å². The number of carboxylic acid groups (broad SMARTS) is 1. The summed E-state index contributed by atoms with van der Waals surface area (Å²) >= 11 is 0. The van der Waals surface area contributed by atoms with Crippen molar-refractivity contribution in [3.05, 3.63) is 54.1 Å². The summed E-state index contributed by atoms with van der Waals surface area (Å²) in [5, 5.41) is 19.6. The smallest absolute Gasteiger partial charge is 0.404 e. The number of phenolic OH excluding ortho intramolecular Hbond substituents is 1. The monoisotopic (exact) mass is 580 g/mol. The maximum Gasteiger partial charge on any atom is 0.404 e. The molecule has 0 unspecified atom stereocenters. The number of sulfonamides is 1. The van der Waals surface area contributed by atoms with Crippen molar-refractivity contribution in [1.29, 1.82) is 0 Å². The van der Waals surface area contributed by atoms with Gasteiger partial charge in [-0.1, -0.05) is 45.4 Å². The third-order valence-electron chi connectivity index (χ3n) is 4.99. The van der Waals surface area contributed by atoms with Crippen molar-refractivity contribution in [1.82, 2.24) is 9.62 Å². The van der Waals surface area contributed by atoms with Gasteiger partial charge in [-0.2, -0.15) is 4.31 Å². The molecule has 1 aliphatic heterocycles. The number of amides is 1. The van der Waals surface area contributed by atoms with Crippen LogP contribution in [0.2, 0.25) is 0 Å². The number of terminal acetylenes is 1. The Balaban J connectivity index is 0. The lowest BCUT2D eigenvalue weighted by atomic mass is 10.2. The predicted molar refractivity (Wildman–Crippen MR) is 161 cm³/mol. The molecule has 0 saturated carbocycles. The number of hydrogen-bond acceptors (Lipinski definition) is 6. The number of methoxy groups -OCH3 is 1. The van der Waals surface area contributed by atoms with Crippen molar-refractivity contribution in [2.24, 2.45) is 5.92 Å². The number of aryl methyl sites for hydroxylation is 1. The molecule has 10 heteroatoms. The fourth-order valence-electron chi connectivity index (χ4n) is 3.12. The van der Waals surface area contributed by atoms with E-state index in [1.807, 2.05) is 46.8 Å². The van der Waals surface area contributed by atoms with Crippen molar-refractivity contribution < 1.29 is 32.9 Å².